The molecule has 5 rings (SSSR count). The molecule has 0 radical (unpaired) electrons. The van der Waals surface area contributed by atoms with Crippen molar-refractivity contribution >= 4 is 53.7 Å². The Labute approximate surface area is 263 Å². The van der Waals surface area contributed by atoms with Gasteiger partial charge in [-0.15, -0.1) is 0 Å². The number of aryl methyl sites for hydroxylation is 2. The Morgan fingerprint density at radius 1 is 1.00 bits per heavy atom. The lowest BCUT2D eigenvalue weighted by atomic mass is 9.99. The molecule has 232 valence electrons. The number of rotatable bonds is 9. The monoisotopic (exact) mass is 623 g/mol. The molecule has 0 amide bonds. The van der Waals surface area contributed by atoms with E-state index in [4.69, 9.17) is 21.3 Å². The van der Waals surface area contributed by atoms with Crippen LogP contribution in [0.5, 0.6) is 5.75 Å². The summed E-state index contributed by atoms with van der Waals surface area (Å²) in [6.45, 7) is 17.9. The fraction of sp³-hybridized carbons (Fsp3) is 0.515. The number of methoxy groups -OCH3 is 1. The molecular formula is C33H47ClN7OP. The van der Waals surface area contributed by atoms with E-state index in [-0.39, 0.29) is 7.92 Å². The molecule has 0 spiro atoms. The predicted molar refractivity (Wildman–Crippen MR) is 185 cm³/mol. The van der Waals surface area contributed by atoms with E-state index in [2.05, 4.69) is 95.7 Å². The van der Waals surface area contributed by atoms with Crippen molar-refractivity contribution in [1.29, 1.82) is 0 Å². The second-order valence-corrected chi connectivity index (χ2v) is 14.7. The average Bonchev–Trinajstić information content (AvgIpc) is 3.00. The van der Waals surface area contributed by atoms with E-state index < -0.39 is 0 Å². The van der Waals surface area contributed by atoms with E-state index in [1.165, 1.54) is 66.7 Å². The second-order valence-electron chi connectivity index (χ2n) is 12.0. The predicted octanol–water partition coefficient (Wildman–Crippen LogP) is 6.39. The molecule has 8 nitrogen and oxygen atoms in total. The minimum atomic E-state index is -0.325. The van der Waals surface area contributed by atoms with Crippen LogP contribution in [-0.2, 0) is 6.42 Å². The first-order valence-electron chi connectivity index (χ1n) is 15.4. The summed E-state index contributed by atoms with van der Waals surface area (Å²) in [5.74, 6) is 1.82. The van der Waals surface area contributed by atoms with Gasteiger partial charge in [0.15, 0.2) is 5.82 Å². The van der Waals surface area contributed by atoms with Crippen molar-refractivity contribution in [2.24, 2.45) is 0 Å². The molecule has 0 aliphatic carbocycles. The third-order valence-electron chi connectivity index (χ3n) is 9.03. The minimum Gasteiger partial charge on any atom is -0.494 e. The van der Waals surface area contributed by atoms with Crippen LogP contribution in [0.1, 0.15) is 36.5 Å². The van der Waals surface area contributed by atoms with Crippen LogP contribution in [0, 0.1) is 13.8 Å². The van der Waals surface area contributed by atoms with Gasteiger partial charge in [-0.1, -0.05) is 32.5 Å². The summed E-state index contributed by atoms with van der Waals surface area (Å²) >= 11 is 6.59. The molecule has 2 aliphatic heterocycles. The second kappa shape index (κ2) is 14.0. The molecule has 0 atom stereocenters. The first-order valence-corrected chi connectivity index (χ1v) is 18.0. The Morgan fingerprint density at radius 3 is 2.37 bits per heavy atom. The van der Waals surface area contributed by atoms with Crippen molar-refractivity contribution in [3.05, 3.63) is 52.2 Å². The van der Waals surface area contributed by atoms with Gasteiger partial charge in [-0.05, 0) is 82.3 Å². The lowest BCUT2D eigenvalue weighted by Crippen LogP contribution is -2.52. The quantitative estimate of drug-likeness (QED) is 0.266. The molecule has 2 aliphatic rings. The average molecular weight is 624 g/mol. The van der Waals surface area contributed by atoms with Gasteiger partial charge < -0.3 is 25.2 Å². The topological polar surface area (TPSA) is 68.8 Å². The zero-order valence-electron chi connectivity index (χ0n) is 26.8. The third-order valence-corrected chi connectivity index (χ3v) is 10.8. The highest BCUT2D eigenvalue weighted by Gasteiger charge is 2.28. The molecule has 10 heteroatoms. The van der Waals surface area contributed by atoms with Gasteiger partial charge in [0.2, 0.25) is 5.95 Å². The van der Waals surface area contributed by atoms with Crippen LogP contribution in [0.15, 0.2) is 30.5 Å². The number of nitrogens with one attached hydrogen (secondary N) is 2. The normalized spacial score (nSPS) is 17.0. The number of halogens is 1. The van der Waals surface area contributed by atoms with E-state index in [0.29, 0.717) is 22.8 Å². The Balaban J connectivity index is 1.34. The van der Waals surface area contributed by atoms with Gasteiger partial charge in [0, 0.05) is 68.1 Å². The molecule has 2 N–H and O–H groups in total. The van der Waals surface area contributed by atoms with E-state index in [0.717, 1.165) is 36.6 Å². The molecule has 0 unspecified atom stereocenters. The van der Waals surface area contributed by atoms with Crippen molar-refractivity contribution in [1.82, 2.24) is 19.8 Å². The summed E-state index contributed by atoms with van der Waals surface area (Å²) < 4.78 is 5.89. The standard InChI is InChI=1S/C33H47ClN7OP/c1-8-24-19-28(30(42-5)20-29(24)41-13-11-25(12-14-41)40-17-15-39(4)16-18-40)37-33-35-21-26(34)32(38-33)36-27-10-9-22(2)23(3)31(27)43(6)7/h9-10,19-21,25H,8,11-18H2,1-7H3,(H2,35,36,37,38). The first-order chi connectivity index (χ1) is 20.7. The maximum atomic E-state index is 6.59. The highest BCUT2D eigenvalue weighted by molar-refractivity contribution is 7.64. The van der Waals surface area contributed by atoms with E-state index in [1.54, 1.807) is 13.3 Å². The number of nitrogens with zero attached hydrogens (tertiary/aromatic N) is 5. The summed E-state index contributed by atoms with van der Waals surface area (Å²) in [4.78, 5) is 17.0. The van der Waals surface area contributed by atoms with Crippen molar-refractivity contribution < 1.29 is 4.74 Å². The van der Waals surface area contributed by atoms with Crippen molar-refractivity contribution in [3.8, 4) is 5.75 Å². The number of hydrogen-bond acceptors (Lipinski definition) is 8. The zero-order valence-corrected chi connectivity index (χ0v) is 28.4. The summed E-state index contributed by atoms with van der Waals surface area (Å²) in [5, 5.41) is 8.73. The first kappa shape index (κ1) is 31.8. The van der Waals surface area contributed by atoms with Gasteiger partial charge in [0.05, 0.1) is 19.0 Å². The van der Waals surface area contributed by atoms with E-state index in [9.17, 15) is 0 Å². The van der Waals surface area contributed by atoms with Gasteiger partial charge in [0.25, 0.3) is 0 Å². The minimum absolute atomic E-state index is 0.325. The molecule has 3 heterocycles. The van der Waals surface area contributed by atoms with Gasteiger partial charge in [-0.25, -0.2) is 4.98 Å². The number of aromatic nitrogens is 2. The van der Waals surface area contributed by atoms with Gasteiger partial charge >= 0.3 is 0 Å². The SMILES string of the molecule is CCc1cc(Nc2ncc(Cl)c(Nc3ccc(C)c(C)c3P(C)C)n2)c(OC)cc1N1CCC(N2CCN(C)CC2)CC1. The number of piperazine rings is 1. The molecule has 0 saturated carbocycles. The Bertz CT molecular complexity index is 1420. The van der Waals surface area contributed by atoms with Crippen molar-refractivity contribution in [3.63, 3.8) is 0 Å². The number of anilines is 5. The van der Waals surface area contributed by atoms with Crippen LogP contribution < -0.4 is 25.6 Å². The summed E-state index contributed by atoms with van der Waals surface area (Å²) in [6, 6.07) is 9.31. The number of benzene rings is 2. The number of ether oxygens (including phenoxy) is 1. The molecule has 0 bridgehead atoms. The highest BCUT2D eigenvalue weighted by atomic mass is 35.5. The van der Waals surface area contributed by atoms with Crippen LogP contribution >= 0.6 is 19.5 Å². The molecule has 1 aromatic heterocycles. The molecule has 3 aromatic rings. The fourth-order valence-electron chi connectivity index (χ4n) is 6.36. The van der Waals surface area contributed by atoms with Crippen LogP contribution in [-0.4, -0.2) is 92.6 Å². The van der Waals surface area contributed by atoms with E-state index >= 15 is 0 Å². The van der Waals surface area contributed by atoms with E-state index in [1.807, 2.05) is 0 Å². The van der Waals surface area contributed by atoms with Crippen LogP contribution in [0.2, 0.25) is 5.02 Å². The lowest BCUT2D eigenvalue weighted by Gasteiger charge is -2.43. The Kier molecular flexibility index (Phi) is 10.3. The molecule has 2 saturated heterocycles. The maximum Gasteiger partial charge on any atom is 0.229 e. The zero-order chi connectivity index (χ0) is 30.7. The van der Waals surface area contributed by atoms with Crippen LogP contribution in [0.25, 0.3) is 0 Å². The number of piperidine rings is 1. The van der Waals surface area contributed by atoms with Crippen LogP contribution in [0.4, 0.5) is 28.8 Å². The summed E-state index contributed by atoms with van der Waals surface area (Å²) in [5.41, 5.74) is 7.03. The fourth-order valence-corrected chi connectivity index (χ4v) is 7.96. The molecule has 2 aromatic carbocycles. The lowest BCUT2D eigenvalue weighted by molar-refractivity contribution is 0.0982. The smallest absolute Gasteiger partial charge is 0.229 e. The number of likely N-dealkylation sites (N-methyl/N-ethyl adjacent to an activating group) is 1. The third kappa shape index (κ3) is 7.20. The highest BCUT2D eigenvalue weighted by Crippen LogP contribution is 2.38. The Morgan fingerprint density at radius 2 is 1.72 bits per heavy atom. The molecule has 2 fully saturated rings. The summed E-state index contributed by atoms with van der Waals surface area (Å²) in [6.07, 6.45) is 4.97. The van der Waals surface area contributed by atoms with Gasteiger partial charge in [0.1, 0.15) is 10.8 Å². The van der Waals surface area contributed by atoms with Crippen molar-refractivity contribution in [2.45, 2.75) is 46.1 Å². The van der Waals surface area contributed by atoms with Gasteiger partial charge in [-0.3, -0.25) is 4.90 Å². The van der Waals surface area contributed by atoms with Crippen LogP contribution in [0.3, 0.4) is 0 Å². The Hall–Kier alpha value is -2.64. The number of hydrogen-bond donors (Lipinski definition) is 2. The summed E-state index contributed by atoms with van der Waals surface area (Å²) in [7, 11) is 3.62. The molecular weight excluding hydrogens is 577 g/mol. The van der Waals surface area contributed by atoms with Gasteiger partial charge in [-0.2, -0.15) is 4.98 Å². The maximum absolute atomic E-state index is 6.59. The molecule has 43 heavy (non-hydrogen) atoms. The van der Waals surface area contributed by atoms with Crippen molar-refractivity contribution in [2.75, 3.05) is 82.3 Å². The largest absolute Gasteiger partial charge is 0.494 e.